The summed E-state index contributed by atoms with van der Waals surface area (Å²) < 4.78 is 0. The minimum absolute atomic E-state index is 0.675. The van der Waals surface area contributed by atoms with Crippen molar-refractivity contribution in [1.29, 1.82) is 0 Å². The summed E-state index contributed by atoms with van der Waals surface area (Å²) in [4.78, 5) is 5.46. The van der Waals surface area contributed by atoms with Gasteiger partial charge in [-0.2, -0.15) is 0 Å². The molecule has 20 heavy (non-hydrogen) atoms. The molecule has 1 aliphatic carbocycles. The largest absolute Gasteiger partial charge is 0.314 e. The predicted molar refractivity (Wildman–Crippen MR) is 87.2 cm³/mol. The molecule has 1 saturated heterocycles. The Bertz CT molecular complexity index is 237. The number of hydrogen-bond acceptors (Lipinski definition) is 3. The molecule has 0 amide bonds. The van der Waals surface area contributed by atoms with Crippen LogP contribution in [0.5, 0.6) is 0 Å². The van der Waals surface area contributed by atoms with Crippen molar-refractivity contribution in [3.8, 4) is 0 Å². The van der Waals surface area contributed by atoms with Crippen molar-refractivity contribution in [2.24, 2.45) is 5.92 Å². The first-order chi connectivity index (χ1) is 9.72. The van der Waals surface area contributed by atoms with E-state index in [1.807, 2.05) is 0 Å². The normalized spacial score (nSPS) is 24.4. The average Bonchev–Trinajstić information content (AvgIpc) is 2.50. The third kappa shape index (κ3) is 4.44. The number of rotatable bonds is 6. The minimum atomic E-state index is 0.675. The SMILES string of the molecule is CCN(CC(C1CCCCC1)N1CCNCC1)C(C)C. The van der Waals surface area contributed by atoms with Crippen LogP contribution in [-0.4, -0.2) is 61.2 Å². The van der Waals surface area contributed by atoms with E-state index in [1.165, 1.54) is 71.4 Å². The summed E-state index contributed by atoms with van der Waals surface area (Å²) in [5.74, 6) is 0.939. The zero-order valence-electron chi connectivity index (χ0n) is 13.9. The molecule has 0 aromatic rings. The van der Waals surface area contributed by atoms with Crippen molar-refractivity contribution < 1.29 is 0 Å². The van der Waals surface area contributed by atoms with E-state index in [4.69, 9.17) is 0 Å². The van der Waals surface area contributed by atoms with Crippen molar-refractivity contribution in [2.75, 3.05) is 39.3 Å². The Labute approximate surface area is 126 Å². The molecule has 3 nitrogen and oxygen atoms in total. The first-order valence-electron chi connectivity index (χ1n) is 8.91. The van der Waals surface area contributed by atoms with Crippen molar-refractivity contribution in [2.45, 2.75) is 65.0 Å². The van der Waals surface area contributed by atoms with Crippen LogP contribution in [0.4, 0.5) is 0 Å². The maximum absolute atomic E-state index is 3.51. The first-order valence-corrected chi connectivity index (χ1v) is 8.91. The van der Waals surface area contributed by atoms with Crippen LogP contribution < -0.4 is 5.32 Å². The molecule has 1 atom stereocenters. The van der Waals surface area contributed by atoms with Crippen molar-refractivity contribution in [3.05, 3.63) is 0 Å². The van der Waals surface area contributed by atoms with Crippen molar-refractivity contribution in [3.63, 3.8) is 0 Å². The summed E-state index contributed by atoms with van der Waals surface area (Å²) in [5, 5.41) is 3.51. The molecule has 1 saturated carbocycles. The molecule has 3 heteroatoms. The Hall–Kier alpha value is -0.120. The van der Waals surface area contributed by atoms with E-state index < -0.39 is 0 Å². The molecule has 0 spiro atoms. The van der Waals surface area contributed by atoms with Crippen LogP contribution in [0.2, 0.25) is 0 Å². The summed E-state index contributed by atoms with van der Waals surface area (Å²) in [7, 11) is 0. The van der Waals surface area contributed by atoms with Gasteiger partial charge in [-0.1, -0.05) is 26.2 Å². The van der Waals surface area contributed by atoms with Gasteiger partial charge in [-0.05, 0) is 39.2 Å². The van der Waals surface area contributed by atoms with Gasteiger partial charge in [0, 0.05) is 44.8 Å². The molecule has 0 bridgehead atoms. The Morgan fingerprint density at radius 3 is 2.30 bits per heavy atom. The fourth-order valence-corrected chi connectivity index (χ4v) is 4.04. The minimum Gasteiger partial charge on any atom is -0.314 e. The first kappa shape index (κ1) is 16.3. The second-order valence-corrected chi connectivity index (χ2v) is 6.93. The van der Waals surface area contributed by atoms with Crippen LogP contribution in [0.3, 0.4) is 0 Å². The molecule has 2 aliphatic rings. The highest BCUT2D eigenvalue weighted by Crippen LogP contribution is 2.30. The Kier molecular flexibility index (Phi) is 6.79. The van der Waals surface area contributed by atoms with E-state index in [-0.39, 0.29) is 0 Å². The zero-order chi connectivity index (χ0) is 14.4. The lowest BCUT2D eigenvalue weighted by Crippen LogP contribution is -2.55. The molecule has 1 N–H and O–H groups in total. The maximum atomic E-state index is 3.51. The standard InChI is InChI=1S/C17H35N3/c1-4-19(15(2)3)14-17(16-8-6-5-7-9-16)20-12-10-18-11-13-20/h15-18H,4-14H2,1-3H3. The molecule has 2 rings (SSSR count). The highest BCUT2D eigenvalue weighted by molar-refractivity contribution is 4.87. The lowest BCUT2D eigenvalue weighted by molar-refractivity contribution is 0.0614. The van der Waals surface area contributed by atoms with Gasteiger partial charge in [-0.3, -0.25) is 9.80 Å². The van der Waals surface area contributed by atoms with Gasteiger partial charge in [0.05, 0.1) is 0 Å². The van der Waals surface area contributed by atoms with Gasteiger partial charge < -0.3 is 5.32 Å². The Balaban J connectivity index is 2.01. The lowest BCUT2D eigenvalue weighted by Gasteiger charge is -2.43. The quantitative estimate of drug-likeness (QED) is 0.807. The molecule has 2 fully saturated rings. The molecular formula is C17H35N3. The lowest BCUT2D eigenvalue weighted by atomic mass is 9.82. The van der Waals surface area contributed by atoms with Crippen LogP contribution in [0.1, 0.15) is 52.9 Å². The third-order valence-corrected chi connectivity index (χ3v) is 5.37. The molecule has 0 radical (unpaired) electrons. The van der Waals surface area contributed by atoms with Gasteiger partial charge in [0.2, 0.25) is 0 Å². The van der Waals surface area contributed by atoms with Crippen LogP contribution >= 0.6 is 0 Å². The number of nitrogens with one attached hydrogen (secondary N) is 1. The summed E-state index contributed by atoms with van der Waals surface area (Å²) in [6.45, 7) is 14.3. The smallest absolute Gasteiger partial charge is 0.0252 e. The maximum Gasteiger partial charge on any atom is 0.0252 e. The van der Waals surface area contributed by atoms with Crippen LogP contribution in [-0.2, 0) is 0 Å². The topological polar surface area (TPSA) is 18.5 Å². The van der Waals surface area contributed by atoms with Gasteiger partial charge in [-0.15, -0.1) is 0 Å². The van der Waals surface area contributed by atoms with E-state index in [2.05, 4.69) is 35.9 Å². The number of piperazine rings is 1. The fraction of sp³-hybridized carbons (Fsp3) is 1.00. The van der Waals surface area contributed by atoms with Crippen molar-refractivity contribution in [1.82, 2.24) is 15.1 Å². The van der Waals surface area contributed by atoms with Gasteiger partial charge in [0.25, 0.3) is 0 Å². The molecule has 1 heterocycles. The summed E-state index contributed by atoms with van der Waals surface area (Å²) in [5.41, 5.74) is 0. The van der Waals surface area contributed by atoms with Gasteiger partial charge >= 0.3 is 0 Å². The van der Waals surface area contributed by atoms with Gasteiger partial charge in [0.15, 0.2) is 0 Å². The van der Waals surface area contributed by atoms with Gasteiger partial charge in [-0.25, -0.2) is 0 Å². The Morgan fingerprint density at radius 2 is 1.75 bits per heavy atom. The number of hydrogen-bond donors (Lipinski definition) is 1. The fourth-order valence-electron chi connectivity index (χ4n) is 4.04. The molecule has 0 aromatic carbocycles. The van der Waals surface area contributed by atoms with E-state index in [0.29, 0.717) is 6.04 Å². The van der Waals surface area contributed by atoms with Crippen LogP contribution in [0.25, 0.3) is 0 Å². The van der Waals surface area contributed by atoms with Crippen LogP contribution in [0.15, 0.2) is 0 Å². The summed E-state index contributed by atoms with van der Waals surface area (Å²) in [6, 6.07) is 1.47. The Morgan fingerprint density at radius 1 is 1.10 bits per heavy atom. The zero-order valence-corrected chi connectivity index (χ0v) is 13.9. The predicted octanol–water partition coefficient (Wildman–Crippen LogP) is 2.57. The number of nitrogens with zero attached hydrogens (tertiary/aromatic N) is 2. The highest BCUT2D eigenvalue weighted by atomic mass is 15.3. The monoisotopic (exact) mass is 281 g/mol. The highest BCUT2D eigenvalue weighted by Gasteiger charge is 2.31. The molecule has 1 unspecified atom stereocenters. The van der Waals surface area contributed by atoms with E-state index >= 15 is 0 Å². The van der Waals surface area contributed by atoms with Gasteiger partial charge in [0.1, 0.15) is 0 Å². The second-order valence-electron chi connectivity index (χ2n) is 6.93. The second kappa shape index (κ2) is 8.35. The van der Waals surface area contributed by atoms with Crippen LogP contribution in [0, 0.1) is 5.92 Å². The van der Waals surface area contributed by atoms with E-state index in [0.717, 1.165) is 12.0 Å². The molecule has 0 aromatic heterocycles. The number of likely N-dealkylation sites (N-methyl/N-ethyl adjacent to an activating group) is 1. The molecular weight excluding hydrogens is 246 g/mol. The summed E-state index contributed by atoms with van der Waals surface area (Å²) >= 11 is 0. The molecule has 118 valence electrons. The molecule has 1 aliphatic heterocycles. The van der Waals surface area contributed by atoms with Crippen molar-refractivity contribution >= 4 is 0 Å². The summed E-state index contributed by atoms with van der Waals surface area (Å²) in [6.07, 6.45) is 7.31. The average molecular weight is 281 g/mol. The third-order valence-electron chi connectivity index (χ3n) is 5.37. The van der Waals surface area contributed by atoms with E-state index in [9.17, 15) is 0 Å². The van der Waals surface area contributed by atoms with E-state index in [1.54, 1.807) is 0 Å².